The Kier molecular flexibility index (Phi) is 7.91. The minimum absolute atomic E-state index is 0.292. The maximum atomic E-state index is 11.6. The Hall–Kier alpha value is -3.54. The summed E-state index contributed by atoms with van der Waals surface area (Å²) in [5, 5.41) is 0. The van der Waals surface area contributed by atoms with Crippen LogP contribution in [0.3, 0.4) is 0 Å². The van der Waals surface area contributed by atoms with E-state index >= 15 is 0 Å². The lowest BCUT2D eigenvalue weighted by Crippen LogP contribution is -2.24. The van der Waals surface area contributed by atoms with Crippen molar-refractivity contribution in [2.45, 2.75) is 70.4 Å². The summed E-state index contributed by atoms with van der Waals surface area (Å²) in [6, 6.07) is 15.1. The van der Waals surface area contributed by atoms with Crippen molar-refractivity contribution in [3.8, 4) is 11.5 Å². The Morgan fingerprint density at radius 2 is 1.23 bits per heavy atom. The molecule has 0 N–H and O–H groups in total. The van der Waals surface area contributed by atoms with Gasteiger partial charge in [0.05, 0.1) is 0 Å². The van der Waals surface area contributed by atoms with E-state index in [0.29, 0.717) is 35.5 Å². The van der Waals surface area contributed by atoms with Crippen LogP contribution in [0.25, 0.3) is 0 Å². The van der Waals surface area contributed by atoms with Crippen molar-refractivity contribution in [1.29, 1.82) is 0 Å². The van der Waals surface area contributed by atoms with E-state index in [0.717, 1.165) is 36.8 Å². The van der Waals surface area contributed by atoms with Gasteiger partial charge in [0.1, 0.15) is 23.7 Å². The molecule has 0 radical (unpaired) electrons. The molecule has 6 nitrogen and oxygen atoms in total. The maximum absolute atomic E-state index is 11.6. The zero-order chi connectivity index (χ0) is 24.8. The number of carbonyl (C=O) groups excluding carboxylic acids is 2. The molecule has 2 aliphatic heterocycles. The molecule has 184 valence electrons. The normalized spacial score (nSPS) is 20.5. The van der Waals surface area contributed by atoms with Gasteiger partial charge in [0, 0.05) is 30.4 Å². The molecular weight excluding hydrogens is 444 g/mol. The van der Waals surface area contributed by atoms with E-state index < -0.39 is 6.29 Å². The fourth-order valence-electron chi connectivity index (χ4n) is 4.20. The van der Waals surface area contributed by atoms with E-state index in [1.165, 1.54) is 6.42 Å². The van der Waals surface area contributed by atoms with Crippen LogP contribution in [0, 0.1) is 0 Å². The monoisotopic (exact) mass is 476 g/mol. The van der Waals surface area contributed by atoms with Gasteiger partial charge < -0.3 is 18.9 Å². The van der Waals surface area contributed by atoms with Crippen LogP contribution < -0.4 is 9.47 Å². The first-order valence-electron chi connectivity index (χ1n) is 12.2. The highest BCUT2D eigenvalue weighted by Crippen LogP contribution is 2.34. The smallest absolute Gasteiger partial charge is 0.334 e. The van der Waals surface area contributed by atoms with Gasteiger partial charge in [-0.15, -0.1) is 0 Å². The van der Waals surface area contributed by atoms with Crippen LogP contribution in [-0.4, -0.2) is 18.2 Å². The average molecular weight is 477 g/mol. The standard InChI is InChI=1S/C29H32O6/c1-4-5-6-7-8-27(32-23-13-9-21(10-14-23)25-17-19(2)28(30)34-25)33-24-15-11-22(12-16-24)26-18-20(3)29(31)35-26/h9-16,25-27H,2-8,17-18H2,1H3. The first kappa shape index (κ1) is 24.6. The van der Waals surface area contributed by atoms with Crippen LogP contribution in [0.1, 0.15) is 75.2 Å². The average Bonchev–Trinajstić information content (AvgIpc) is 3.37. The first-order chi connectivity index (χ1) is 16.9. The molecule has 6 heteroatoms. The summed E-state index contributed by atoms with van der Waals surface area (Å²) in [6.07, 6.45) is 5.18. The van der Waals surface area contributed by atoms with Crippen LogP contribution in [0.15, 0.2) is 72.8 Å². The summed E-state index contributed by atoms with van der Waals surface area (Å²) >= 11 is 0. The van der Waals surface area contributed by atoms with Gasteiger partial charge in [0.2, 0.25) is 6.29 Å². The van der Waals surface area contributed by atoms with Crippen LogP contribution >= 0.6 is 0 Å². The molecule has 2 saturated heterocycles. The van der Waals surface area contributed by atoms with Gasteiger partial charge in [-0.05, 0) is 41.8 Å². The number of ether oxygens (including phenoxy) is 4. The quantitative estimate of drug-likeness (QED) is 0.159. The number of cyclic esters (lactones) is 2. The van der Waals surface area contributed by atoms with E-state index in [1.807, 2.05) is 48.5 Å². The third kappa shape index (κ3) is 6.32. The minimum Gasteiger partial charge on any atom is -0.455 e. The van der Waals surface area contributed by atoms with E-state index in [2.05, 4.69) is 20.1 Å². The molecule has 2 aromatic rings. The van der Waals surface area contributed by atoms with Gasteiger partial charge in [-0.1, -0.05) is 63.6 Å². The Balaban J connectivity index is 1.39. The van der Waals surface area contributed by atoms with Gasteiger partial charge in [-0.3, -0.25) is 0 Å². The summed E-state index contributed by atoms with van der Waals surface area (Å²) in [7, 11) is 0. The summed E-state index contributed by atoms with van der Waals surface area (Å²) in [5.41, 5.74) is 2.82. The molecule has 0 saturated carbocycles. The molecule has 0 bridgehead atoms. The van der Waals surface area contributed by atoms with Gasteiger partial charge in [0.25, 0.3) is 0 Å². The van der Waals surface area contributed by atoms with Gasteiger partial charge in [-0.25, -0.2) is 9.59 Å². The van der Waals surface area contributed by atoms with Crippen LogP contribution in [-0.2, 0) is 19.1 Å². The Morgan fingerprint density at radius 3 is 1.60 bits per heavy atom. The predicted molar refractivity (Wildman–Crippen MR) is 132 cm³/mol. The van der Waals surface area contributed by atoms with Crippen molar-refractivity contribution in [2.75, 3.05) is 0 Å². The van der Waals surface area contributed by atoms with Gasteiger partial charge in [0.15, 0.2) is 0 Å². The number of hydrogen-bond donors (Lipinski definition) is 0. The molecule has 0 spiro atoms. The highest BCUT2D eigenvalue weighted by atomic mass is 16.7. The summed E-state index contributed by atoms with van der Waals surface area (Å²) in [6.45, 7) is 9.67. The number of benzene rings is 2. The van der Waals surface area contributed by atoms with Gasteiger partial charge in [-0.2, -0.15) is 0 Å². The molecule has 35 heavy (non-hydrogen) atoms. The minimum atomic E-state index is -0.447. The summed E-state index contributed by atoms with van der Waals surface area (Å²) < 4.78 is 23.1. The number of unbranched alkanes of at least 4 members (excludes halogenated alkanes) is 3. The van der Waals surface area contributed by atoms with Crippen molar-refractivity contribution < 1.29 is 28.5 Å². The lowest BCUT2D eigenvalue weighted by atomic mass is 10.1. The summed E-state index contributed by atoms with van der Waals surface area (Å²) in [5.74, 6) is 0.701. The van der Waals surface area contributed by atoms with Crippen molar-refractivity contribution in [1.82, 2.24) is 0 Å². The van der Waals surface area contributed by atoms with Crippen molar-refractivity contribution >= 4 is 11.9 Å². The number of esters is 2. The van der Waals surface area contributed by atoms with E-state index in [4.69, 9.17) is 18.9 Å². The SMILES string of the molecule is C=C1CC(c2ccc(OC(CCCCCC)Oc3ccc(C4CC(=C)C(=O)O4)cc3)cc2)OC1=O. The fraction of sp³-hybridized carbons (Fsp3) is 0.379. The second-order valence-electron chi connectivity index (χ2n) is 9.06. The zero-order valence-electron chi connectivity index (χ0n) is 20.2. The molecule has 2 atom stereocenters. The number of hydrogen-bond acceptors (Lipinski definition) is 6. The molecule has 2 aliphatic rings. The van der Waals surface area contributed by atoms with E-state index in [1.54, 1.807) is 0 Å². The first-order valence-corrected chi connectivity index (χ1v) is 12.2. The largest absolute Gasteiger partial charge is 0.455 e. The van der Waals surface area contributed by atoms with Crippen LogP contribution in [0.5, 0.6) is 11.5 Å². The molecule has 4 rings (SSSR count). The molecule has 0 amide bonds. The second-order valence-corrected chi connectivity index (χ2v) is 9.06. The Morgan fingerprint density at radius 1 is 0.771 bits per heavy atom. The third-order valence-corrected chi connectivity index (χ3v) is 6.27. The second kappa shape index (κ2) is 11.3. The van der Waals surface area contributed by atoms with Crippen LogP contribution in [0.4, 0.5) is 0 Å². The van der Waals surface area contributed by atoms with Crippen molar-refractivity contribution in [2.24, 2.45) is 0 Å². The highest BCUT2D eigenvalue weighted by Gasteiger charge is 2.29. The van der Waals surface area contributed by atoms with Crippen LogP contribution in [0.2, 0.25) is 0 Å². The number of carbonyl (C=O) groups is 2. The summed E-state index contributed by atoms with van der Waals surface area (Å²) in [4.78, 5) is 23.3. The van der Waals surface area contributed by atoms with Gasteiger partial charge >= 0.3 is 11.9 Å². The lowest BCUT2D eigenvalue weighted by molar-refractivity contribution is -0.140. The lowest BCUT2D eigenvalue weighted by Gasteiger charge is -2.21. The molecule has 0 aromatic heterocycles. The highest BCUT2D eigenvalue weighted by molar-refractivity contribution is 5.90. The topological polar surface area (TPSA) is 71.1 Å². The molecule has 2 unspecified atom stereocenters. The number of rotatable bonds is 11. The fourth-order valence-corrected chi connectivity index (χ4v) is 4.20. The Bertz CT molecular complexity index is 956. The maximum Gasteiger partial charge on any atom is 0.334 e. The Labute approximate surface area is 206 Å². The molecule has 0 aliphatic carbocycles. The van der Waals surface area contributed by atoms with E-state index in [9.17, 15) is 9.59 Å². The molecular formula is C29H32O6. The predicted octanol–water partition coefficient (Wildman–Crippen LogP) is 6.53. The van der Waals surface area contributed by atoms with E-state index in [-0.39, 0.29) is 24.1 Å². The molecule has 2 fully saturated rings. The zero-order valence-corrected chi connectivity index (χ0v) is 20.2. The molecule has 2 heterocycles. The molecule has 2 aromatic carbocycles. The van der Waals surface area contributed by atoms with Crippen molar-refractivity contribution in [3.63, 3.8) is 0 Å². The van der Waals surface area contributed by atoms with Crippen molar-refractivity contribution in [3.05, 3.63) is 84.0 Å². The third-order valence-electron chi connectivity index (χ3n) is 6.27.